The third-order valence-electron chi connectivity index (χ3n) is 5.23. The van der Waals surface area contributed by atoms with Crippen molar-refractivity contribution in [1.29, 1.82) is 0 Å². The molecule has 0 aliphatic rings. The van der Waals surface area contributed by atoms with Crippen molar-refractivity contribution >= 4 is 27.7 Å². The molecule has 1 aromatic heterocycles. The molecular weight excluding hydrogens is 412 g/mol. The SMILES string of the molecule is COc1ccc(-c2nc(-c3ccccc3)sc2N(c2ccccc2)c2ccccc2)cc1. The second-order valence-corrected chi connectivity index (χ2v) is 8.25. The number of anilines is 3. The Bertz CT molecular complexity index is 1240. The van der Waals surface area contributed by atoms with Gasteiger partial charge in [0.2, 0.25) is 0 Å². The van der Waals surface area contributed by atoms with Crippen molar-refractivity contribution in [3.63, 3.8) is 0 Å². The van der Waals surface area contributed by atoms with E-state index in [0.717, 1.165) is 44.0 Å². The van der Waals surface area contributed by atoms with Crippen molar-refractivity contribution in [3.8, 4) is 27.6 Å². The number of benzene rings is 4. The van der Waals surface area contributed by atoms with E-state index in [4.69, 9.17) is 9.72 Å². The first-order chi connectivity index (χ1) is 15.8. The van der Waals surface area contributed by atoms with Crippen LogP contribution in [0, 0.1) is 0 Å². The maximum atomic E-state index is 5.37. The van der Waals surface area contributed by atoms with Crippen molar-refractivity contribution < 1.29 is 4.74 Å². The average molecular weight is 435 g/mol. The van der Waals surface area contributed by atoms with Crippen LogP contribution in [0.5, 0.6) is 5.75 Å². The van der Waals surface area contributed by atoms with Gasteiger partial charge in [0.15, 0.2) is 0 Å². The van der Waals surface area contributed by atoms with Crippen LogP contribution in [0.4, 0.5) is 16.4 Å². The Morgan fingerprint density at radius 2 is 1.16 bits per heavy atom. The minimum atomic E-state index is 0.830. The van der Waals surface area contributed by atoms with Gasteiger partial charge in [0.25, 0.3) is 0 Å². The van der Waals surface area contributed by atoms with E-state index < -0.39 is 0 Å². The van der Waals surface area contributed by atoms with Gasteiger partial charge in [-0.15, -0.1) is 0 Å². The summed E-state index contributed by atoms with van der Waals surface area (Å²) in [6, 6.07) is 39.3. The lowest BCUT2D eigenvalue weighted by molar-refractivity contribution is 0.415. The maximum Gasteiger partial charge on any atom is 0.129 e. The van der Waals surface area contributed by atoms with Crippen molar-refractivity contribution in [3.05, 3.63) is 115 Å². The third kappa shape index (κ3) is 4.01. The number of aromatic nitrogens is 1. The molecule has 3 nitrogen and oxygen atoms in total. The first-order valence-corrected chi connectivity index (χ1v) is 11.3. The van der Waals surface area contributed by atoms with Crippen LogP contribution in [0.15, 0.2) is 115 Å². The number of nitrogens with zero attached hydrogens (tertiary/aromatic N) is 2. The molecule has 5 aromatic rings. The highest BCUT2D eigenvalue weighted by molar-refractivity contribution is 7.19. The molecule has 0 amide bonds. The predicted molar refractivity (Wildman–Crippen MR) is 134 cm³/mol. The Balaban J connectivity index is 1.73. The molecule has 5 rings (SSSR count). The molecule has 0 aliphatic carbocycles. The van der Waals surface area contributed by atoms with Gasteiger partial charge in [-0.1, -0.05) is 78.1 Å². The van der Waals surface area contributed by atoms with Crippen LogP contribution < -0.4 is 9.64 Å². The summed E-state index contributed by atoms with van der Waals surface area (Å²) in [5.41, 5.74) is 5.30. The normalized spacial score (nSPS) is 10.7. The number of rotatable bonds is 6. The molecule has 0 atom stereocenters. The second kappa shape index (κ2) is 9.08. The van der Waals surface area contributed by atoms with Gasteiger partial charge >= 0.3 is 0 Å². The topological polar surface area (TPSA) is 25.4 Å². The molecule has 0 spiro atoms. The van der Waals surface area contributed by atoms with E-state index in [0.29, 0.717) is 0 Å². The van der Waals surface area contributed by atoms with E-state index in [-0.39, 0.29) is 0 Å². The van der Waals surface area contributed by atoms with Crippen molar-refractivity contribution in [2.24, 2.45) is 0 Å². The fourth-order valence-electron chi connectivity index (χ4n) is 3.64. The number of methoxy groups -OCH3 is 1. The van der Waals surface area contributed by atoms with Crippen LogP contribution in [-0.2, 0) is 0 Å². The molecule has 0 bridgehead atoms. The lowest BCUT2D eigenvalue weighted by Gasteiger charge is -2.24. The van der Waals surface area contributed by atoms with Gasteiger partial charge < -0.3 is 9.64 Å². The number of hydrogen-bond donors (Lipinski definition) is 0. The zero-order chi connectivity index (χ0) is 21.8. The molecule has 0 unspecified atom stereocenters. The minimum Gasteiger partial charge on any atom is -0.497 e. The molecule has 4 aromatic carbocycles. The third-order valence-corrected chi connectivity index (χ3v) is 6.31. The van der Waals surface area contributed by atoms with Gasteiger partial charge in [0.1, 0.15) is 21.5 Å². The number of para-hydroxylation sites is 2. The largest absolute Gasteiger partial charge is 0.497 e. The van der Waals surface area contributed by atoms with Gasteiger partial charge in [0, 0.05) is 22.5 Å². The van der Waals surface area contributed by atoms with Crippen LogP contribution >= 0.6 is 11.3 Å². The van der Waals surface area contributed by atoms with E-state index in [1.165, 1.54) is 0 Å². The molecule has 0 saturated heterocycles. The Hall–Kier alpha value is -3.89. The summed E-state index contributed by atoms with van der Waals surface area (Å²) in [5, 5.41) is 2.06. The summed E-state index contributed by atoms with van der Waals surface area (Å²) in [6.07, 6.45) is 0. The molecule has 156 valence electrons. The Morgan fingerprint density at radius 3 is 1.69 bits per heavy atom. The van der Waals surface area contributed by atoms with E-state index in [1.54, 1.807) is 18.4 Å². The monoisotopic (exact) mass is 434 g/mol. The van der Waals surface area contributed by atoms with Crippen molar-refractivity contribution in [1.82, 2.24) is 4.98 Å². The van der Waals surface area contributed by atoms with Crippen molar-refractivity contribution in [2.75, 3.05) is 12.0 Å². The first-order valence-electron chi connectivity index (χ1n) is 10.4. The quantitative estimate of drug-likeness (QED) is 0.271. The van der Waals surface area contributed by atoms with Gasteiger partial charge in [-0.3, -0.25) is 0 Å². The summed E-state index contributed by atoms with van der Waals surface area (Å²) in [6.45, 7) is 0. The molecular formula is C28H22N2OS. The molecule has 32 heavy (non-hydrogen) atoms. The molecule has 0 saturated carbocycles. The van der Waals surface area contributed by atoms with Crippen LogP contribution in [0.3, 0.4) is 0 Å². The molecule has 0 aliphatic heterocycles. The Kier molecular flexibility index (Phi) is 5.69. The van der Waals surface area contributed by atoms with Crippen LogP contribution in [0.1, 0.15) is 0 Å². The average Bonchev–Trinajstić information content (AvgIpc) is 3.31. The number of ether oxygens (including phenoxy) is 1. The first kappa shape index (κ1) is 20.0. The summed E-state index contributed by atoms with van der Waals surface area (Å²) in [7, 11) is 1.68. The fraction of sp³-hybridized carbons (Fsp3) is 0.0357. The summed E-state index contributed by atoms with van der Waals surface area (Å²) >= 11 is 1.70. The highest BCUT2D eigenvalue weighted by Gasteiger charge is 2.22. The van der Waals surface area contributed by atoms with Crippen LogP contribution in [0.25, 0.3) is 21.8 Å². The standard InChI is InChI=1S/C28H22N2OS/c1-31-25-19-17-21(18-20-25)26-28(32-27(29-26)22-11-5-2-6-12-22)30(23-13-7-3-8-14-23)24-15-9-4-10-16-24/h2-20H,1H3. The van der Waals surface area contributed by atoms with Crippen LogP contribution in [0.2, 0.25) is 0 Å². The lowest BCUT2D eigenvalue weighted by Crippen LogP contribution is -2.09. The van der Waals surface area contributed by atoms with Gasteiger partial charge in [-0.05, 0) is 48.5 Å². The van der Waals surface area contributed by atoms with E-state index in [9.17, 15) is 0 Å². The van der Waals surface area contributed by atoms with Gasteiger partial charge in [-0.2, -0.15) is 0 Å². The minimum absolute atomic E-state index is 0.830. The van der Waals surface area contributed by atoms with E-state index in [1.807, 2.05) is 30.3 Å². The molecule has 1 heterocycles. The second-order valence-electron chi connectivity index (χ2n) is 7.27. The number of thiazole rings is 1. The Morgan fingerprint density at radius 1 is 0.625 bits per heavy atom. The molecule has 0 fully saturated rings. The van der Waals surface area contributed by atoms with Gasteiger partial charge in [0.05, 0.1) is 7.11 Å². The summed E-state index contributed by atoms with van der Waals surface area (Å²) in [5.74, 6) is 0.830. The van der Waals surface area contributed by atoms with E-state index in [2.05, 4.69) is 89.8 Å². The molecule has 0 radical (unpaired) electrons. The lowest BCUT2D eigenvalue weighted by atomic mass is 10.1. The molecule has 4 heteroatoms. The number of hydrogen-bond acceptors (Lipinski definition) is 4. The summed E-state index contributed by atoms with van der Waals surface area (Å²) < 4.78 is 5.37. The zero-order valence-corrected chi connectivity index (χ0v) is 18.5. The van der Waals surface area contributed by atoms with E-state index >= 15 is 0 Å². The smallest absolute Gasteiger partial charge is 0.129 e. The highest BCUT2D eigenvalue weighted by atomic mass is 32.1. The maximum absolute atomic E-state index is 5.37. The van der Waals surface area contributed by atoms with Crippen molar-refractivity contribution in [2.45, 2.75) is 0 Å². The van der Waals surface area contributed by atoms with Crippen LogP contribution in [-0.4, -0.2) is 12.1 Å². The zero-order valence-electron chi connectivity index (χ0n) is 17.7. The predicted octanol–water partition coefficient (Wildman–Crippen LogP) is 7.96. The summed E-state index contributed by atoms with van der Waals surface area (Å²) in [4.78, 5) is 7.40. The van der Waals surface area contributed by atoms with Gasteiger partial charge in [-0.25, -0.2) is 4.98 Å². The molecule has 0 N–H and O–H groups in total. The fourth-order valence-corrected chi connectivity index (χ4v) is 4.78. The highest BCUT2D eigenvalue weighted by Crippen LogP contribution is 2.46. The Labute approximate surface area is 192 Å².